The van der Waals surface area contributed by atoms with Gasteiger partial charge in [-0.1, -0.05) is 13.0 Å². The number of piperidine rings is 1. The predicted octanol–water partition coefficient (Wildman–Crippen LogP) is 1.93. The molecule has 4 atom stereocenters. The van der Waals surface area contributed by atoms with Crippen LogP contribution in [0.4, 0.5) is 0 Å². The van der Waals surface area contributed by atoms with Crippen LogP contribution < -0.4 is 5.32 Å². The average Bonchev–Trinajstić information content (AvgIpc) is 2.47. The number of rotatable bonds is 1. The largest absolute Gasteiger partial charge is 0.508 e. The van der Waals surface area contributed by atoms with Crippen molar-refractivity contribution in [1.82, 2.24) is 5.32 Å². The first-order valence-electron chi connectivity index (χ1n) is 8.16. The van der Waals surface area contributed by atoms with Gasteiger partial charge in [0.1, 0.15) is 11.5 Å². The second-order valence-corrected chi connectivity index (χ2v) is 7.20. The number of Topliss-reactive ketones (excluding diaryl/α,β-unsaturated/α-hetero) is 1. The summed E-state index contributed by atoms with van der Waals surface area (Å²) < 4.78 is 6.20. The first kappa shape index (κ1) is 14.2. The smallest absolute Gasteiger partial charge is 0.134 e. The number of aromatic hydroxyl groups is 1. The second-order valence-electron chi connectivity index (χ2n) is 7.20. The molecule has 2 aliphatic carbocycles. The van der Waals surface area contributed by atoms with Crippen LogP contribution in [0, 0.1) is 5.92 Å². The molecular weight excluding hydrogens is 278 g/mol. The van der Waals surface area contributed by atoms with E-state index in [-0.39, 0.29) is 28.7 Å². The van der Waals surface area contributed by atoms with Crippen molar-refractivity contribution in [3.63, 3.8) is 0 Å². The van der Waals surface area contributed by atoms with Crippen molar-refractivity contribution < 1.29 is 14.6 Å². The lowest BCUT2D eigenvalue weighted by Gasteiger charge is -2.64. The molecule has 0 radical (unpaired) electrons. The van der Waals surface area contributed by atoms with Crippen molar-refractivity contribution in [2.45, 2.75) is 49.7 Å². The zero-order valence-corrected chi connectivity index (χ0v) is 13.2. The summed E-state index contributed by atoms with van der Waals surface area (Å²) in [5, 5.41) is 13.7. The molecular formula is C18H23NO3. The topological polar surface area (TPSA) is 58.6 Å². The summed E-state index contributed by atoms with van der Waals surface area (Å²) in [4.78, 5) is 12.4. The van der Waals surface area contributed by atoms with Gasteiger partial charge in [-0.2, -0.15) is 0 Å². The van der Waals surface area contributed by atoms with Crippen LogP contribution >= 0.6 is 0 Å². The van der Waals surface area contributed by atoms with E-state index < -0.39 is 0 Å². The Labute approximate surface area is 130 Å². The molecule has 0 aromatic heterocycles. The maximum absolute atomic E-state index is 12.4. The van der Waals surface area contributed by atoms with Crippen molar-refractivity contribution in [2.75, 3.05) is 13.7 Å². The number of nitrogens with one attached hydrogen (secondary N) is 1. The number of hydrogen-bond donors (Lipinski definition) is 2. The lowest BCUT2D eigenvalue weighted by atomic mass is 9.47. The van der Waals surface area contributed by atoms with Crippen LogP contribution in [-0.2, 0) is 21.4 Å². The van der Waals surface area contributed by atoms with Gasteiger partial charge in [0.2, 0.25) is 0 Å². The highest BCUT2D eigenvalue weighted by Crippen LogP contribution is 2.59. The Bertz CT molecular complexity index is 643. The molecule has 118 valence electrons. The predicted molar refractivity (Wildman–Crippen MR) is 83.0 cm³/mol. The first-order chi connectivity index (χ1) is 10.5. The van der Waals surface area contributed by atoms with Gasteiger partial charge in [-0.05, 0) is 48.6 Å². The number of benzene rings is 1. The molecule has 1 aromatic carbocycles. The number of hydrogen-bond acceptors (Lipinski definition) is 4. The Balaban J connectivity index is 2.02. The standard InChI is InChI=1S/C18H23NO3/c1-11-7-14(21)10-17-5-6-19-16(18(11,17)22-2)8-12-3-4-13(20)9-15(12)17/h3-4,9,11,16,19-20H,5-8,10H2,1-2H3/t11-,16-,17-,18?/m1/s1. The number of fused-ring (bicyclic) bond motifs is 1. The number of phenols is 1. The van der Waals surface area contributed by atoms with E-state index in [2.05, 4.69) is 12.2 Å². The number of carbonyl (C=O) groups is 1. The minimum atomic E-state index is -0.361. The molecule has 1 aliphatic heterocycles. The van der Waals surface area contributed by atoms with Gasteiger partial charge in [-0.15, -0.1) is 0 Å². The zero-order valence-electron chi connectivity index (χ0n) is 13.2. The molecule has 1 heterocycles. The maximum Gasteiger partial charge on any atom is 0.134 e. The van der Waals surface area contributed by atoms with Gasteiger partial charge in [-0.3, -0.25) is 4.79 Å². The summed E-state index contributed by atoms with van der Waals surface area (Å²) in [5.41, 5.74) is 1.70. The van der Waals surface area contributed by atoms with Crippen molar-refractivity contribution >= 4 is 5.78 Å². The third-order valence-corrected chi connectivity index (χ3v) is 6.34. The fourth-order valence-corrected chi connectivity index (χ4v) is 5.69. The Kier molecular flexibility index (Phi) is 2.94. The average molecular weight is 301 g/mol. The van der Waals surface area contributed by atoms with Gasteiger partial charge < -0.3 is 15.2 Å². The molecule has 2 fully saturated rings. The molecule has 3 aliphatic rings. The number of methoxy groups -OCH3 is 1. The van der Waals surface area contributed by atoms with Gasteiger partial charge in [-0.25, -0.2) is 0 Å². The molecule has 4 rings (SSSR count). The van der Waals surface area contributed by atoms with E-state index in [9.17, 15) is 9.90 Å². The molecule has 2 N–H and O–H groups in total. The molecule has 1 unspecified atom stereocenters. The van der Waals surface area contributed by atoms with Gasteiger partial charge >= 0.3 is 0 Å². The summed E-state index contributed by atoms with van der Waals surface area (Å²) in [6.07, 6.45) is 2.88. The molecule has 1 saturated heterocycles. The third kappa shape index (κ3) is 1.52. The molecule has 1 aromatic rings. The van der Waals surface area contributed by atoms with E-state index in [0.717, 1.165) is 24.9 Å². The van der Waals surface area contributed by atoms with Crippen LogP contribution in [0.1, 0.15) is 37.3 Å². The Morgan fingerprint density at radius 3 is 2.95 bits per heavy atom. The van der Waals surface area contributed by atoms with Crippen LogP contribution in [0.2, 0.25) is 0 Å². The fourth-order valence-electron chi connectivity index (χ4n) is 5.69. The highest BCUT2D eigenvalue weighted by atomic mass is 16.5. The number of carbonyl (C=O) groups excluding carboxylic acids is 1. The van der Waals surface area contributed by atoms with Gasteiger partial charge in [0.25, 0.3) is 0 Å². The SMILES string of the molecule is COC12[C@H](C)CC(=O)C[C@@]13CCN[C@@H]2Cc1ccc(O)cc13. The zero-order chi connectivity index (χ0) is 15.5. The maximum atomic E-state index is 12.4. The van der Waals surface area contributed by atoms with Crippen molar-refractivity contribution in [2.24, 2.45) is 5.92 Å². The van der Waals surface area contributed by atoms with Crippen molar-refractivity contribution in [1.29, 1.82) is 0 Å². The van der Waals surface area contributed by atoms with Gasteiger partial charge in [0.15, 0.2) is 0 Å². The fraction of sp³-hybridized carbons (Fsp3) is 0.611. The molecule has 1 saturated carbocycles. The summed E-state index contributed by atoms with van der Waals surface area (Å²) in [6.45, 7) is 3.04. The summed E-state index contributed by atoms with van der Waals surface area (Å²) >= 11 is 0. The van der Waals surface area contributed by atoms with Crippen molar-refractivity contribution in [3.05, 3.63) is 29.3 Å². The molecule has 2 bridgehead atoms. The van der Waals surface area contributed by atoms with E-state index in [0.29, 0.717) is 18.6 Å². The van der Waals surface area contributed by atoms with E-state index in [1.165, 1.54) is 5.56 Å². The minimum absolute atomic E-state index is 0.173. The Morgan fingerprint density at radius 1 is 1.36 bits per heavy atom. The molecule has 4 nitrogen and oxygen atoms in total. The Morgan fingerprint density at radius 2 is 2.18 bits per heavy atom. The van der Waals surface area contributed by atoms with E-state index in [1.54, 1.807) is 13.2 Å². The lowest BCUT2D eigenvalue weighted by molar-refractivity contribution is -0.182. The minimum Gasteiger partial charge on any atom is -0.508 e. The Hall–Kier alpha value is -1.39. The summed E-state index contributed by atoms with van der Waals surface area (Å²) in [5.74, 6) is 0.768. The summed E-state index contributed by atoms with van der Waals surface area (Å²) in [6, 6.07) is 5.86. The van der Waals surface area contributed by atoms with E-state index in [1.807, 2.05) is 12.1 Å². The molecule has 0 amide bonds. The van der Waals surface area contributed by atoms with Crippen LogP contribution in [0.3, 0.4) is 0 Å². The van der Waals surface area contributed by atoms with Crippen LogP contribution in [-0.4, -0.2) is 36.2 Å². The molecule has 0 spiro atoms. The normalized spacial score (nSPS) is 40.0. The number of phenolic OH excluding ortho intramolecular Hbond substituents is 1. The quantitative estimate of drug-likeness (QED) is 0.832. The van der Waals surface area contributed by atoms with Crippen LogP contribution in [0.25, 0.3) is 0 Å². The van der Waals surface area contributed by atoms with Crippen molar-refractivity contribution in [3.8, 4) is 5.75 Å². The van der Waals surface area contributed by atoms with Crippen LogP contribution in [0.5, 0.6) is 5.75 Å². The second kappa shape index (κ2) is 4.56. The van der Waals surface area contributed by atoms with E-state index in [4.69, 9.17) is 4.74 Å². The highest BCUT2D eigenvalue weighted by Gasteiger charge is 2.66. The summed E-state index contributed by atoms with van der Waals surface area (Å²) in [7, 11) is 1.79. The molecule has 22 heavy (non-hydrogen) atoms. The van der Waals surface area contributed by atoms with Gasteiger partial charge in [0, 0.05) is 31.4 Å². The number of ether oxygens (including phenoxy) is 1. The first-order valence-corrected chi connectivity index (χ1v) is 8.16. The van der Waals surface area contributed by atoms with Gasteiger partial charge in [0.05, 0.1) is 5.60 Å². The molecule has 4 heteroatoms. The lowest BCUT2D eigenvalue weighted by Crippen LogP contribution is -2.76. The monoisotopic (exact) mass is 301 g/mol. The van der Waals surface area contributed by atoms with E-state index >= 15 is 0 Å². The van der Waals surface area contributed by atoms with Crippen LogP contribution in [0.15, 0.2) is 18.2 Å². The number of ketones is 1. The highest BCUT2D eigenvalue weighted by molar-refractivity contribution is 5.83. The third-order valence-electron chi connectivity index (χ3n) is 6.34.